The summed E-state index contributed by atoms with van der Waals surface area (Å²) in [5.74, 6) is 0.370. The van der Waals surface area contributed by atoms with Crippen molar-refractivity contribution in [3.63, 3.8) is 0 Å². The van der Waals surface area contributed by atoms with E-state index in [1.807, 2.05) is 31.2 Å². The molecule has 110 valence electrons. The zero-order valence-electron chi connectivity index (χ0n) is 12.0. The highest BCUT2D eigenvalue weighted by Gasteiger charge is 2.18. The van der Waals surface area contributed by atoms with Gasteiger partial charge in [0.15, 0.2) is 0 Å². The number of hydrogen-bond donors (Lipinski definition) is 1. The number of nitrogens with one attached hydrogen (secondary N) is 1. The average molecular weight is 303 g/mol. The Hall–Kier alpha value is -2.08. The number of thioether (sulfide) groups is 1. The molecule has 0 spiro atoms. The molecule has 21 heavy (non-hydrogen) atoms. The van der Waals surface area contributed by atoms with E-state index < -0.39 is 0 Å². The summed E-state index contributed by atoms with van der Waals surface area (Å²) in [5, 5.41) is 10.8. The molecule has 0 aliphatic heterocycles. The topological polar surface area (TPSA) is 68.0 Å². The van der Waals surface area contributed by atoms with Gasteiger partial charge in [-0.25, -0.2) is 0 Å². The van der Waals surface area contributed by atoms with Gasteiger partial charge in [-0.15, -0.1) is 16.8 Å². The van der Waals surface area contributed by atoms with Crippen molar-refractivity contribution < 1.29 is 9.21 Å². The molecule has 5 nitrogen and oxygen atoms in total. The van der Waals surface area contributed by atoms with Crippen molar-refractivity contribution in [2.75, 3.05) is 6.54 Å². The van der Waals surface area contributed by atoms with Crippen molar-refractivity contribution in [1.82, 2.24) is 15.5 Å². The van der Waals surface area contributed by atoms with Crippen LogP contribution < -0.4 is 5.32 Å². The first-order valence-corrected chi connectivity index (χ1v) is 7.44. The van der Waals surface area contributed by atoms with E-state index in [2.05, 4.69) is 22.1 Å². The van der Waals surface area contributed by atoms with Gasteiger partial charge in [-0.2, -0.15) is 0 Å². The standard InChI is InChI=1S/C15H17N3O2S/c1-4-8-16-13(19)11(3)21-15-18-17-14(20-15)12-7-5-6-10(2)9-12/h4-7,9,11H,1,8H2,2-3H3,(H,16,19)/t11-/m1/s1. The number of carbonyl (C=O) groups excluding carboxylic acids is 1. The Balaban J connectivity index is 2.03. The summed E-state index contributed by atoms with van der Waals surface area (Å²) in [7, 11) is 0. The van der Waals surface area contributed by atoms with Crippen LogP contribution in [0.25, 0.3) is 11.5 Å². The SMILES string of the molecule is C=CCNC(=O)[C@@H](C)Sc1nnc(-c2cccc(C)c2)o1. The summed E-state index contributed by atoms with van der Waals surface area (Å²) in [4.78, 5) is 11.8. The van der Waals surface area contributed by atoms with Gasteiger partial charge in [-0.1, -0.05) is 35.5 Å². The maximum Gasteiger partial charge on any atom is 0.277 e. The van der Waals surface area contributed by atoms with Crippen molar-refractivity contribution in [2.45, 2.75) is 24.3 Å². The van der Waals surface area contributed by atoms with Crippen LogP contribution in [0.5, 0.6) is 0 Å². The number of carbonyl (C=O) groups is 1. The predicted molar refractivity (Wildman–Crippen MR) is 83.0 cm³/mol. The molecule has 2 aromatic rings. The maximum absolute atomic E-state index is 11.8. The number of hydrogen-bond acceptors (Lipinski definition) is 5. The minimum atomic E-state index is -0.309. The lowest BCUT2D eigenvalue weighted by atomic mass is 10.1. The van der Waals surface area contributed by atoms with Gasteiger partial charge in [0.2, 0.25) is 11.8 Å². The minimum absolute atomic E-state index is 0.0878. The smallest absolute Gasteiger partial charge is 0.277 e. The van der Waals surface area contributed by atoms with E-state index in [0.717, 1.165) is 11.1 Å². The van der Waals surface area contributed by atoms with Gasteiger partial charge in [0.25, 0.3) is 5.22 Å². The minimum Gasteiger partial charge on any atom is -0.411 e. The summed E-state index contributed by atoms with van der Waals surface area (Å²) in [6.07, 6.45) is 1.64. The van der Waals surface area contributed by atoms with Crippen molar-refractivity contribution in [3.8, 4) is 11.5 Å². The number of benzene rings is 1. The van der Waals surface area contributed by atoms with Gasteiger partial charge < -0.3 is 9.73 Å². The molecule has 0 saturated carbocycles. The Kier molecular flexibility index (Phi) is 5.16. The van der Waals surface area contributed by atoms with Gasteiger partial charge in [0, 0.05) is 12.1 Å². The molecular weight excluding hydrogens is 286 g/mol. The van der Waals surface area contributed by atoms with Crippen LogP contribution in [-0.4, -0.2) is 27.9 Å². The molecule has 0 aliphatic rings. The van der Waals surface area contributed by atoms with Crippen molar-refractivity contribution in [2.24, 2.45) is 0 Å². The zero-order valence-corrected chi connectivity index (χ0v) is 12.8. The van der Waals surface area contributed by atoms with Crippen LogP contribution in [0.15, 0.2) is 46.6 Å². The van der Waals surface area contributed by atoms with E-state index in [9.17, 15) is 4.79 Å². The van der Waals surface area contributed by atoms with Crippen LogP contribution in [0.1, 0.15) is 12.5 Å². The molecule has 0 saturated heterocycles. The Morgan fingerprint density at radius 2 is 2.33 bits per heavy atom. The van der Waals surface area contributed by atoms with E-state index in [4.69, 9.17) is 4.42 Å². The highest BCUT2D eigenvalue weighted by atomic mass is 32.2. The van der Waals surface area contributed by atoms with Crippen LogP contribution in [0.4, 0.5) is 0 Å². The number of rotatable bonds is 6. The third-order valence-electron chi connectivity index (χ3n) is 2.74. The number of aryl methyl sites for hydroxylation is 1. The maximum atomic E-state index is 11.8. The second kappa shape index (κ2) is 7.08. The largest absolute Gasteiger partial charge is 0.411 e. The first-order valence-electron chi connectivity index (χ1n) is 6.56. The molecule has 2 rings (SSSR count). The van der Waals surface area contributed by atoms with Crippen molar-refractivity contribution in [3.05, 3.63) is 42.5 Å². The first kappa shape index (κ1) is 15.3. The quantitative estimate of drug-likeness (QED) is 0.656. The fourth-order valence-electron chi connectivity index (χ4n) is 1.67. The molecule has 1 aromatic heterocycles. The van der Waals surface area contributed by atoms with E-state index in [1.54, 1.807) is 13.0 Å². The summed E-state index contributed by atoms with van der Waals surface area (Å²) >= 11 is 1.24. The van der Waals surface area contributed by atoms with E-state index >= 15 is 0 Å². The van der Waals surface area contributed by atoms with Crippen LogP contribution in [0.2, 0.25) is 0 Å². The molecule has 0 fully saturated rings. The number of amides is 1. The van der Waals surface area contributed by atoms with E-state index in [1.165, 1.54) is 11.8 Å². The zero-order chi connectivity index (χ0) is 15.2. The lowest BCUT2D eigenvalue weighted by Crippen LogP contribution is -2.30. The molecule has 1 N–H and O–H groups in total. The average Bonchev–Trinajstić information content (AvgIpc) is 2.93. The van der Waals surface area contributed by atoms with Crippen LogP contribution in [-0.2, 0) is 4.79 Å². The Morgan fingerprint density at radius 3 is 3.05 bits per heavy atom. The Bertz CT molecular complexity index is 639. The predicted octanol–water partition coefficient (Wildman–Crippen LogP) is 2.83. The molecule has 1 heterocycles. The molecule has 0 aliphatic carbocycles. The van der Waals surface area contributed by atoms with Gasteiger partial charge in [-0.3, -0.25) is 4.79 Å². The van der Waals surface area contributed by atoms with Crippen LogP contribution >= 0.6 is 11.8 Å². The summed E-state index contributed by atoms with van der Waals surface area (Å²) in [5.41, 5.74) is 2.00. The highest BCUT2D eigenvalue weighted by molar-refractivity contribution is 8.00. The number of aromatic nitrogens is 2. The summed E-state index contributed by atoms with van der Waals surface area (Å²) in [6.45, 7) is 7.80. The Labute approximate surface area is 127 Å². The highest BCUT2D eigenvalue weighted by Crippen LogP contribution is 2.26. The third-order valence-corrected chi connectivity index (χ3v) is 3.67. The summed E-state index contributed by atoms with van der Waals surface area (Å²) in [6, 6.07) is 7.83. The van der Waals surface area contributed by atoms with Crippen LogP contribution in [0, 0.1) is 6.92 Å². The van der Waals surface area contributed by atoms with Gasteiger partial charge in [-0.05, 0) is 26.0 Å². The van der Waals surface area contributed by atoms with E-state index in [-0.39, 0.29) is 11.2 Å². The molecule has 6 heteroatoms. The molecule has 0 radical (unpaired) electrons. The lowest BCUT2D eigenvalue weighted by Gasteiger charge is -2.07. The van der Waals surface area contributed by atoms with Gasteiger partial charge in [0.05, 0.1) is 5.25 Å². The van der Waals surface area contributed by atoms with Crippen LogP contribution in [0.3, 0.4) is 0 Å². The van der Waals surface area contributed by atoms with Gasteiger partial charge in [0.1, 0.15) is 0 Å². The normalized spacial score (nSPS) is 11.9. The molecular formula is C15H17N3O2S. The molecule has 1 atom stereocenters. The number of nitrogens with zero attached hydrogens (tertiary/aromatic N) is 2. The fraction of sp³-hybridized carbons (Fsp3) is 0.267. The Morgan fingerprint density at radius 1 is 1.52 bits per heavy atom. The molecule has 0 unspecified atom stereocenters. The second-order valence-electron chi connectivity index (χ2n) is 4.54. The third kappa shape index (κ3) is 4.19. The molecule has 0 bridgehead atoms. The monoisotopic (exact) mass is 303 g/mol. The van der Waals surface area contributed by atoms with Crippen molar-refractivity contribution >= 4 is 17.7 Å². The van der Waals surface area contributed by atoms with Gasteiger partial charge >= 0.3 is 0 Å². The molecule has 1 amide bonds. The first-order chi connectivity index (χ1) is 10.1. The van der Waals surface area contributed by atoms with Crippen molar-refractivity contribution in [1.29, 1.82) is 0 Å². The summed E-state index contributed by atoms with van der Waals surface area (Å²) < 4.78 is 5.59. The lowest BCUT2D eigenvalue weighted by molar-refractivity contribution is -0.120. The second-order valence-corrected chi connectivity index (χ2v) is 5.83. The fourth-order valence-corrected chi connectivity index (χ4v) is 2.38. The molecule has 1 aromatic carbocycles. The van der Waals surface area contributed by atoms with E-state index in [0.29, 0.717) is 17.7 Å².